The van der Waals surface area contributed by atoms with Gasteiger partial charge in [0.05, 0.1) is 20.3 Å². The number of amides is 2. The second-order valence-electron chi connectivity index (χ2n) is 5.96. The van der Waals surface area contributed by atoms with E-state index in [2.05, 4.69) is 5.32 Å². The molecule has 8 heteroatoms. The van der Waals surface area contributed by atoms with E-state index in [-0.39, 0.29) is 17.9 Å². The van der Waals surface area contributed by atoms with Gasteiger partial charge in [-0.25, -0.2) is 0 Å². The molecule has 0 radical (unpaired) electrons. The van der Waals surface area contributed by atoms with E-state index in [9.17, 15) is 9.59 Å². The molecule has 1 unspecified atom stereocenters. The Morgan fingerprint density at radius 3 is 2.36 bits per heavy atom. The first-order chi connectivity index (χ1) is 12.1. The van der Waals surface area contributed by atoms with Crippen molar-refractivity contribution in [3.8, 4) is 11.5 Å². The number of nitrogens with one attached hydrogen (secondary N) is 1. The number of hydrogen-bond acceptors (Lipinski definition) is 6. The number of nitrogens with zero attached hydrogens (tertiary/aromatic N) is 2. The third kappa shape index (κ3) is 3.85. The molecule has 0 saturated carbocycles. The molecule has 1 aromatic carbocycles. The third-order valence-electron chi connectivity index (χ3n) is 4.52. The van der Waals surface area contributed by atoms with Crippen LogP contribution in [-0.4, -0.2) is 79.7 Å². The lowest BCUT2D eigenvalue weighted by Crippen LogP contribution is -2.54. The van der Waals surface area contributed by atoms with Crippen molar-refractivity contribution < 1.29 is 19.1 Å². The van der Waals surface area contributed by atoms with E-state index in [1.165, 1.54) is 0 Å². The number of ether oxygens (including phenoxy) is 2. The number of thioether (sulfide) groups is 1. The Morgan fingerprint density at radius 1 is 1.08 bits per heavy atom. The lowest BCUT2D eigenvalue weighted by molar-refractivity contribution is -0.134. The van der Waals surface area contributed by atoms with Gasteiger partial charge in [-0.3, -0.25) is 14.9 Å². The predicted molar refractivity (Wildman–Crippen MR) is 96.3 cm³/mol. The summed E-state index contributed by atoms with van der Waals surface area (Å²) in [6.45, 7) is 2.22. The van der Waals surface area contributed by atoms with Crippen molar-refractivity contribution in [3.63, 3.8) is 0 Å². The highest BCUT2D eigenvalue weighted by Crippen LogP contribution is 2.28. The van der Waals surface area contributed by atoms with E-state index in [0.29, 0.717) is 43.2 Å². The Morgan fingerprint density at radius 2 is 1.76 bits per heavy atom. The minimum Gasteiger partial charge on any atom is -0.493 e. The van der Waals surface area contributed by atoms with Crippen LogP contribution in [0.4, 0.5) is 0 Å². The Bertz CT molecular complexity index is 641. The smallest absolute Gasteiger partial charge is 0.254 e. The van der Waals surface area contributed by atoms with Crippen LogP contribution in [0.3, 0.4) is 0 Å². The molecule has 2 aliphatic heterocycles. The monoisotopic (exact) mass is 365 g/mol. The summed E-state index contributed by atoms with van der Waals surface area (Å²) in [5, 5.41) is 3.20. The third-order valence-corrected chi connectivity index (χ3v) is 5.46. The van der Waals surface area contributed by atoms with Crippen LogP contribution in [0.1, 0.15) is 10.4 Å². The first-order valence-electron chi connectivity index (χ1n) is 8.25. The fourth-order valence-electron chi connectivity index (χ4n) is 3.06. The summed E-state index contributed by atoms with van der Waals surface area (Å²) in [5.41, 5.74) is 0.561. The van der Waals surface area contributed by atoms with E-state index in [1.807, 2.05) is 4.90 Å². The van der Waals surface area contributed by atoms with Gasteiger partial charge >= 0.3 is 0 Å². The van der Waals surface area contributed by atoms with Crippen molar-refractivity contribution in [3.05, 3.63) is 23.8 Å². The van der Waals surface area contributed by atoms with Crippen LogP contribution < -0.4 is 14.8 Å². The quantitative estimate of drug-likeness (QED) is 0.845. The molecule has 2 amide bonds. The van der Waals surface area contributed by atoms with Crippen molar-refractivity contribution in [2.45, 2.75) is 6.04 Å². The molecular weight excluding hydrogens is 342 g/mol. The molecule has 0 aromatic heterocycles. The summed E-state index contributed by atoms with van der Waals surface area (Å²) in [7, 11) is 3.11. The summed E-state index contributed by atoms with van der Waals surface area (Å²) < 4.78 is 10.5. The lowest BCUT2D eigenvalue weighted by Gasteiger charge is -2.36. The molecule has 1 atom stereocenters. The van der Waals surface area contributed by atoms with Gasteiger partial charge in [-0.15, -0.1) is 11.8 Å². The molecule has 2 fully saturated rings. The number of methoxy groups -OCH3 is 2. The zero-order valence-corrected chi connectivity index (χ0v) is 15.3. The number of hydrogen-bond donors (Lipinski definition) is 1. The van der Waals surface area contributed by atoms with Crippen molar-refractivity contribution >= 4 is 23.6 Å². The maximum Gasteiger partial charge on any atom is 0.254 e. The van der Waals surface area contributed by atoms with E-state index in [4.69, 9.17) is 9.47 Å². The molecule has 3 rings (SSSR count). The fraction of sp³-hybridized carbons (Fsp3) is 0.529. The summed E-state index contributed by atoms with van der Waals surface area (Å²) in [5.74, 6) is 2.87. The summed E-state index contributed by atoms with van der Waals surface area (Å²) >= 11 is 1.74. The topological polar surface area (TPSA) is 71.1 Å². The van der Waals surface area contributed by atoms with Crippen molar-refractivity contribution in [2.24, 2.45) is 0 Å². The Hall–Kier alpha value is -1.93. The first kappa shape index (κ1) is 17.9. The average Bonchev–Trinajstić information content (AvgIpc) is 3.21. The number of rotatable bonds is 4. The van der Waals surface area contributed by atoms with Gasteiger partial charge in [0.15, 0.2) is 11.5 Å². The lowest BCUT2D eigenvalue weighted by atomic mass is 10.1. The van der Waals surface area contributed by atoms with Crippen LogP contribution in [0.15, 0.2) is 18.2 Å². The summed E-state index contributed by atoms with van der Waals surface area (Å²) in [4.78, 5) is 28.8. The Balaban J connectivity index is 1.60. The van der Waals surface area contributed by atoms with Gasteiger partial charge < -0.3 is 19.3 Å². The molecule has 7 nitrogen and oxygen atoms in total. The van der Waals surface area contributed by atoms with Crippen molar-refractivity contribution in [1.29, 1.82) is 0 Å². The fourth-order valence-corrected chi connectivity index (χ4v) is 3.99. The number of benzene rings is 1. The highest BCUT2D eigenvalue weighted by molar-refractivity contribution is 7.99. The molecule has 2 saturated heterocycles. The van der Waals surface area contributed by atoms with E-state index in [1.54, 1.807) is 49.1 Å². The average molecular weight is 365 g/mol. The number of piperazine rings is 1. The van der Waals surface area contributed by atoms with Crippen molar-refractivity contribution in [1.82, 2.24) is 15.1 Å². The first-order valence-corrected chi connectivity index (χ1v) is 9.40. The van der Waals surface area contributed by atoms with Gasteiger partial charge in [-0.05, 0) is 18.2 Å². The minimum atomic E-state index is -0.0851. The minimum absolute atomic E-state index is 0.0531. The SMILES string of the molecule is COc1ccc(C(=O)N2CCN(C(=O)C3CSCN3)CC2)cc1OC. The molecule has 2 heterocycles. The Kier molecular flexibility index (Phi) is 5.70. The molecule has 0 bridgehead atoms. The maximum atomic E-state index is 12.7. The number of carbonyl (C=O) groups excluding carboxylic acids is 2. The second-order valence-corrected chi connectivity index (χ2v) is 6.99. The zero-order chi connectivity index (χ0) is 17.8. The molecule has 1 N–H and O–H groups in total. The van der Waals surface area contributed by atoms with E-state index >= 15 is 0 Å². The summed E-state index contributed by atoms with van der Waals surface area (Å²) in [6, 6.07) is 5.08. The highest BCUT2D eigenvalue weighted by atomic mass is 32.2. The molecule has 2 aliphatic rings. The van der Waals surface area contributed by atoms with E-state index in [0.717, 1.165) is 11.6 Å². The Labute approximate surface area is 151 Å². The van der Waals surface area contributed by atoms with Crippen LogP contribution in [0.5, 0.6) is 11.5 Å². The van der Waals surface area contributed by atoms with Gasteiger partial charge in [0.1, 0.15) is 0 Å². The normalized spacial score (nSPS) is 20.5. The molecule has 25 heavy (non-hydrogen) atoms. The van der Waals surface area contributed by atoms with Crippen LogP contribution in [-0.2, 0) is 4.79 Å². The van der Waals surface area contributed by atoms with Crippen LogP contribution in [0.2, 0.25) is 0 Å². The van der Waals surface area contributed by atoms with Crippen LogP contribution in [0, 0.1) is 0 Å². The predicted octanol–water partition coefficient (Wildman–Crippen LogP) is 0.651. The van der Waals surface area contributed by atoms with Gasteiger partial charge in [0.2, 0.25) is 5.91 Å². The van der Waals surface area contributed by atoms with Crippen molar-refractivity contribution in [2.75, 3.05) is 52.0 Å². The molecular formula is C17H23N3O4S. The maximum absolute atomic E-state index is 12.7. The van der Waals surface area contributed by atoms with Crippen LogP contribution in [0.25, 0.3) is 0 Å². The standard InChI is InChI=1S/C17H23N3O4S/c1-23-14-4-3-12(9-15(14)24-2)16(21)19-5-7-20(8-6-19)17(22)13-10-25-11-18-13/h3-4,9,13,18H,5-8,10-11H2,1-2H3. The van der Waals surface area contributed by atoms with Gasteiger partial charge in [0, 0.05) is 43.4 Å². The van der Waals surface area contributed by atoms with Gasteiger partial charge in [0.25, 0.3) is 5.91 Å². The highest BCUT2D eigenvalue weighted by Gasteiger charge is 2.31. The van der Waals surface area contributed by atoms with Gasteiger partial charge in [-0.1, -0.05) is 0 Å². The number of carbonyl (C=O) groups is 2. The van der Waals surface area contributed by atoms with Crippen LogP contribution >= 0.6 is 11.8 Å². The molecule has 1 aromatic rings. The largest absolute Gasteiger partial charge is 0.493 e. The zero-order valence-electron chi connectivity index (χ0n) is 14.5. The molecule has 0 aliphatic carbocycles. The summed E-state index contributed by atoms with van der Waals surface area (Å²) in [6.07, 6.45) is 0. The van der Waals surface area contributed by atoms with E-state index < -0.39 is 0 Å². The molecule has 136 valence electrons. The van der Waals surface area contributed by atoms with Gasteiger partial charge in [-0.2, -0.15) is 0 Å². The second kappa shape index (κ2) is 7.97. The molecule has 0 spiro atoms.